The number of nitrogens with zero attached hydrogens (tertiary/aromatic N) is 2. The number of ketones is 1. The molecule has 3 rings (SSSR count). The maximum atomic E-state index is 14.0. The van der Waals surface area contributed by atoms with Gasteiger partial charge in [0.15, 0.2) is 0 Å². The molecule has 2 aliphatic heterocycles. The molecule has 0 aromatic carbocycles. The Balaban J connectivity index is 1.69. The summed E-state index contributed by atoms with van der Waals surface area (Å²) < 4.78 is 0. The van der Waals surface area contributed by atoms with Gasteiger partial charge in [-0.3, -0.25) is 24.0 Å². The number of urea groups is 1. The summed E-state index contributed by atoms with van der Waals surface area (Å²) in [5.41, 5.74) is -1.10. The van der Waals surface area contributed by atoms with Crippen molar-refractivity contribution in [2.75, 3.05) is 19.6 Å². The molecule has 46 heavy (non-hydrogen) atoms. The molecule has 4 N–H and O–H groups in total. The number of Topliss-reactive ketones (excluding diaryl/α,β-unsaturated/α-hetero) is 1. The highest BCUT2D eigenvalue weighted by molar-refractivity contribution is 6.38. The largest absolute Gasteiger partial charge is 0.347 e. The van der Waals surface area contributed by atoms with Gasteiger partial charge < -0.3 is 31.1 Å². The first-order chi connectivity index (χ1) is 21.2. The summed E-state index contributed by atoms with van der Waals surface area (Å²) in [6, 6.07) is -3.61. The van der Waals surface area contributed by atoms with Crippen LogP contribution in [0.1, 0.15) is 114 Å². The molecule has 0 radical (unpaired) electrons. The molecule has 1 aliphatic carbocycles. The summed E-state index contributed by atoms with van der Waals surface area (Å²) in [6.45, 7) is 18.9. The van der Waals surface area contributed by atoms with Crippen molar-refractivity contribution < 1.29 is 28.8 Å². The zero-order chi connectivity index (χ0) is 34.6. The summed E-state index contributed by atoms with van der Waals surface area (Å²) in [7, 11) is 0. The fraction of sp³-hybridized carbons (Fsp3) is 0.824. The number of carbonyl (C=O) groups is 6. The smallest absolute Gasteiger partial charge is 0.315 e. The summed E-state index contributed by atoms with van der Waals surface area (Å²) in [5, 5.41) is 11.4. The number of rotatable bonds is 12. The molecule has 4 atom stereocenters. The lowest BCUT2D eigenvalue weighted by molar-refractivity contribution is -0.143. The molecule has 2 heterocycles. The van der Waals surface area contributed by atoms with Crippen molar-refractivity contribution in [2.45, 2.75) is 144 Å². The molecule has 0 aromatic rings. The van der Waals surface area contributed by atoms with Crippen LogP contribution in [0.3, 0.4) is 0 Å². The first kappa shape index (κ1) is 37.3. The molecule has 0 bridgehead atoms. The molecular formula is C34H58N6O6. The highest BCUT2D eigenvalue weighted by Crippen LogP contribution is 2.32. The fourth-order valence-electron chi connectivity index (χ4n) is 6.04. The maximum Gasteiger partial charge on any atom is 0.315 e. The first-order valence-corrected chi connectivity index (χ1v) is 17.0. The standard InChI is InChI=1S/C34H58N6O6/c1-10-12-22(26(42)29(44)35-21-14-15-21)36-28(43)23-13-11-17-40(23)30(45)27(33(5,6)7)38-31(46)37-24(32(2,3)4)20-39-18-16-34(8,9)19-25(39)41/h21-24,27H,10-20H2,1-9H3,(H,35,44)(H,36,43)(H2,37,38,46)/t22?,23-,24+,27+/m0/s1. The Labute approximate surface area is 274 Å². The lowest BCUT2D eigenvalue weighted by Gasteiger charge is -2.41. The van der Waals surface area contributed by atoms with Crippen molar-refractivity contribution in [3.05, 3.63) is 0 Å². The van der Waals surface area contributed by atoms with E-state index in [1.165, 1.54) is 4.90 Å². The normalized spacial score (nSPS) is 22.0. The molecule has 1 saturated carbocycles. The Morgan fingerprint density at radius 1 is 0.913 bits per heavy atom. The van der Waals surface area contributed by atoms with E-state index < -0.39 is 47.2 Å². The van der Waals surface area contributed by atoms with E-state index in [4.69, 9.17) is 0 Å². The molecule has 1 unspecified atom stereocenters. The van der Waals surface area contributed by atoms with Crippen molar-refractivity contribution >= 4 is 35.4 Å². The minimum atomic E-state index is -0.969. The average Bonchev–Trinajstić information content (AvgIpc) is 3.60. The van der Waals surface area contributed by atoms with Crippen LogP contribution in [0.4, 0.5) is 4.79 Å². The molecule has 12 heteroatoms. The van der Waals surface area contributed by atoms with E-state index >= 15 is 0 Å². The van der Waals surface area contributed by atoms with Gasteiger partial charge in [0, 0.05) is 32.1 Å². The van der Waals surface area contributed by atoms with Gasteiger partial charge in [-0.2, -0.15) is 0 Å². The van der Waals surface area contributed by atoms with Crippen molar-refractivity contribution in [1.82, 2.24) is 31.1 Å². The van der Waals surface area contributed by atoms with E-state index in [-0.39, 0.29) is 34.7 Å². The predicted octanol–water partition coefficient (Wildman–Crippen LogP) is 2.89. The average molecular weight is 647 g/mol. The number of amides is 6. The predicted molar refractivity (Wildman–Crippen MR) is 175 cm³/mol. The fourth-order valence-corrected chi connectivity index (χ4v) is 6.04. The van der Waals surface area contributed by atoms with Gasteiger partial charge in [0.05, 0.1) is 12.1 Å². The van der Waals surface area contributed by atoms with Crippen LogP contribution in [0.2, 0.25) is 0 Å². The minimum Gasteiger partial charge on any atom is -0.347 e. The second-order valence-electron chi connectivity index (χ2n) is 16.4. The molecule has 0 aromatic heterocycles. The molecule has 3 aliphatic rings. The van der Waals surface area contributed by atoms with Gasteiger partial charge in [0.1, 0.15) is 12.1 Å². The monoisotopic (exact) mass is 646 g/mol. The Kier molecular flexibility index (Phi) is 11.9. The molecule has 2 saturated heterocycles. The lowest BCUT2D eigenvalue weighted by atomic mass is 9.81. The topological polar surface area (TPSA) is 157 Å². The first-order valence-electron chi connectivity index (χ1n) is 17.0. The molecule has 12 nitrogen and oxygen atoms in total. The number of likely N-dealkylation sites (tertiary alicyclic amines) is 2. The summed E-state index contributed by atoms with van der Waals surface area (Å²) in [5.74, 6) is -2.15. The van der Waals surface area contributed by atoms with Crippen LogP contribution in [0.15, 0.2) is 0 Å². The second-order valence-corrected chi connectivity index (χ2v) is 16.4. The Hall–Kier alpha value is -3.18. The molecule has 0 spiro atoms. The Morgan fingerprint density at radius 3 is 2.11 bits per heavy atom. The van der Waals surface area contributed by atoms with Gasteiger partial charge in [0.2, 0.25) is 23.5 Å². The Morgan fingerprint density at radius 2 is 1.57 bits per heavy atom. The van der Waals surface area contributed by atoms with Crippen LogP contribution in [0.5, 0.6) is 0 Å². The van der Waals surface area contributed by atoms with Crippen molar-refractivity contribution in [3.8, 4) is 0 Å². The van der Waals surface area contributed by atoms with Gasteiger partial charge in [-0.25, -0.2) is 4.79 Å². The third-order valence-corrected chi connectivity index (χ3v) is 9.37. The quantitative estimate of drug-likeness (QED) is 0.239. The number of carbonyl (C=O) groups excluding carboxylic acids is 6. The van der Waals surface area contributed by atoms with Crippen molar-refractivity contribution in [3.63, 3.8) is 0 Å². The van der Waals surface area contributed by atoms with Crippen LogP contribution < -0.4 is 21.3 Å². The van der Waals surface area contributed by atoms with Crippen molar-refractivity contribution in [2.24, 2.45) is 16.2 Å². The highest BCUT2D eigenvalue weighted by atomic mass is 16.2. The summed E-state index contributed by atoms with van der Waals surface area (Å²) in [4.78, 5) is 82.5. The van der Waals surface area contributed by atoms with Gasteiger partial charge >= 0.3 is 6.03 Å². The zero-order valence-corrected chi connectivity index (χ0v) is 29.5. The van der Waals surface area contributed by atoms with Crippen LogP contribution in [0, 0.1) is 16.2 Å². The van der Waals surface area contributed by atoms with E-state index in [0.717, 1.165) is 19.3 Å². The highest BCUT2D eigenvalue weighted by Gasteiger charge is 2.43. The van der Waals surface area contributed by atoms with Crippen LogP contribution in [-0.2, 0) is 24.0 Å². The molecule has 3 fully saturated rings. The minimum absolute atomic E-state index is 0.0229. The van der Waals surface area contributed by atoms with Gasteiger partial charge in [-0.15, -0.1) is 0 Å². The molecular weight excluding hydrogens is 588 g/mol. The van der Waals surface area contributed by atoms with Gasteiger partial charge in [0.25, 0.3) is 5.91 Å². The van der Waals surface area contributed by atoms with E-state index in [1.54, 1.807) is 0 Å². The molecule has 6 amide bonds. The third kappa shape index (κ3) is 10.2. The maximum absolute atomic E-state index is 14.0. The van der Waals surface area contributed by atoms with E-state index in [1.807, 2.05) is 53.4 Å². The lowest BCUT2D eigenvalue weighted by Crippen LogP contribution is -2.62. The van der Waals surface area contributed by atoms with E-state index in [2.05, 4.69) is 35.1 Å². The SMILES string of the molecule is CCCC(NC(=O)[C@@H]1CCCN1C(=O)[C@@H](NC(=O)N[C@H](CN1CCC(C)(C)CC1=O)C(C)(C)C)C(C)(C)C)C(=O)C(=O)NC1CC1. The van der Waals surface area contributed by atoms with Crippen LogP contribution in [0.25, 0.3) is 0 Å². The number of nitrogens with one attached hydrogen (secondary N) is 4. The van der Waals surface area contributed by atoms with Crippen LogP contribution in [-0.4, -0.2) is 95.1 Å². The zero-order valence-electron chi connectivity index (χ0n) is 29.5. The number of hydrogen-bond donors (Lipinski definition) is 4. The second kappa shape index (κ2) is 14.7. The van der Waals surface area contributed by atoms with Gasteiger partial charge in [-0.05, 0) is 54.8 Å². The number of hydrogen-bond acceptors (Lipinski definition) is 6. The summed E-state index contributed by atoms with van der Waals surface area (Å²) in [6.07, 6.45) is 4.94. The van der Waals surface area contributed by atoms with Crippen molar-refractivity contribution in [1.29, 1.82) is 0 Å². The van der Waals surface area contributed by atoms with Crippen LogP contribution >= 0.6 is 0 Å². The number of piperidine rings is 1. The third-order valence-electron chi connectivity index (χ3n) is 9.37. The summed E-state index contributed by atoms with van der Waals surface area (Å²) >= 11 is 0. The van der Waals surface area contributed by atoms with E-state index in [0.29, 0.717) is 51.7 Å². The molecule has 260 valence electrons. The van der Waals surface area contributed by atoms with E-state index in [9.17, 15) is 28.8 Å². The van der Waals surface area contributed by atoms with Gasteiger partial charge in [-0.1, -0.05) is 68.7 Å². The Bertz CT molecular complexity index is 1170.